The normalized spacial score (nSPS) is 10.3. The molecule has 1 aromatic carbocycles. The number of rotatable bonds is 6. The summed E-state index contributed by atoms with van der Waals surface area (Å²) in [5.41, 5.74) is 8.96. The van der Waals surface area contributed by atoms with E-state index in [1.807, 2.05) is 6.07 Å². The van der Waals surface area contributed by atoms with Crippen molar-refractivity contribution in [3.8, 4) is 0 Å². The van der Waals surface area contributed by atoms with Crippen molar-refractivity contribution in [3.63, 3.8) is 0 Å². The van der Waals surface area contributed by atoms with E-state index in [2.05, 4.69) is 31.3 Å². The van der Waals surface area contributed by atoms with Crippen LogP contribution in [-0.2, 0) is 11.2 Å². The van der Waals surface area contributed by atoms with Gasteiger partial charge in [-0.25, -0.2) is 0 Å². The van der Waals surface area contributed by atoms with Crippen molar-refractivity contribution in [1.29, 1.82) is 0 Å². The van der Waals surface area contributed by atoms with Gasteiger partial charge in [0.05, 0.1) is 6.42 Å². The van der Waals surface area contributed by atoms with Crippen molar-refractivity contribution in [2.24, 2.45) is 5.73 Å². The topological polar surface area (TPSA) is 55.1 Å². The van der Waals surface area contributed by atoms with Crippen molar-refractivity contribution in [3.05, 3.63) is 34.9 Å². The zero-order chi connectivity index (χ0) is 12.7. The number of carbonyl (C=O) groups excluding carboxylic acids is 1. The Labute approximate surface area is 103 Å². The average Bonchev–Trinajstić information content (AvgIpc) is 2.30. The number of aryl methyl sites for hydroxylation is 2. The number of nitrogens with two attached hydrogens (primary N) is 1. The van der Waals surface area contributed by atoms with Crippen LogP contribution in [0.3, 0.4) is 0 Å². The summed E-state index contributed by atoms with van der Waals surface area (Å²) in [6, 6.07) is 6.16. The predicted molar refractivity (Wildman–Crippen MR) is 70.9 cm³/mol. The molecule has 0 unspecified atom stereocenters. The standard InChI is InChI=1S/C14H22N2O/c1-11-5-6-13(9-12(11)2)10-14(17)16-8-4-3-7-15/h5-6,9H,3-4,7-8,10,15H2,1-2H3,(H,16,17). The van der Waals surface area contributed by atoms with Crippen molar-refractivity contribution in [1.82, 2.24) is 5.32 Å². The molecular weight excluding hydrogens is 212 g/mol. The molecule has 0 spiro atoms. The summed E-state index contributed by atoms with van der Waals surface area (Å²) < 4.78 is 0. The minimum Gasteiger partial charge on any atom is -0.356 e. The molecule has 0 aliphatic heterocycles. The minimum absolute atomic E-state index is 0.0882. The van der Waals surface area contributed by atoms with Crippen LogP contribution in [0.2, 0.25) is 0 Å². The number of carbonyl (C=O) groups is 1. The first-order valence-corrected chi connectivity index (χ1v) is 6.16. The molecule has 0 fully saturated rings. The fourth-order valence-corrected chi connectivity index (χ4v) is 1.66. The second kappa shape index (κ2) is 7.07. The molecule has 0 aromatic heterocycles. The van der Waals surface area contributed by atoms with Gasteiger partial charge in [0, 0.05) is 6.54 Å². The van der Waals surface area contributed by atoms with Crippen LogP contribution in [0.4, 0.5) is 0 Å². The Morgan fingerprint density at radius 2 is 2.00 bits per heavy atom. The second-order valence-electron chi connectivity index (χ2n) is 4.44. The zero-order valence-electron chi connectivity index (χ0n) is 10.8. The van der Waals surface area contributed by atoms with Gasteiger partial charge in [-0.1, -0.05) is 18.2 Å². The first-order valence-electron chi connectivity index (χ1n) is 6.16. The molecule has 0 bridgehead atoms. The molecular formula is C14H22N2O. The van der Waals surface area contributed by atoms with E-state index in [-0.39, 0.29) is 5.91 Å². The van der Waals surface area contributed by atoms with Crippen molar-refractivity contribution in [2.75, 3.05) is 13.1 Å². The van der Waals surface area contributed by atoms with Gasteiger partial charge < -0.3 is 11.1 Å². The molecule has 0 aliphatic carbocycles. The summed E-state index contributed by atoms with van der Waals surface area (Å²) >= 11 is 0. The van der Waals surface area contributed by atoms with Crippen LogP contribution < -0.4 is 11.1 Å². The molecule has 0 aliphatic rings. The highest BCUT2D eigenvalue weighted by atomic mass is 16.1. The molecule has 1 aromatic rings. The van der Waals surface area contributed by atoms with Crippen molar-refractivity contribution < 1.29 is 4.79 Å². The molecule has 3 nitrogen and oxygen atoms in total. The number of hydrogen-bond donors (Lipinski definition) is 2. The third-order valence-corrected chi connectivity index (χ3v) is 2.89. The van der Waals surface area contributed by atoms with Gasteiger partial charge in [-0.15, -0.1) is 0 Å². The van der Waals surface area contributed by atoms with Gasteiger partial charge in [0.1, 0.15) is 0 Å². The van der Waals surface area contributed by atoms with Crippen LogP contribution in [0.25, 0.3) is 0 Å². The lowest BCUT2D eigenvalue weighted by atomic mass is 10.0. The Morgan fingerprint density at radius 1 is 1.24 bits per heavy atom. The van der Waals surface area contributed by atoms with Crippen LogP contribution in [0.1, 0.15) is 29.5 Å². The summed E-state index contributed by atoms with van der Waals surface area (Å²) in [6.07, 6.45) is 2.38. The van der Waals surface area contributed by atoms with Gasteiger partial charge in [0.2, 0.25) is 5.91 Å². The SMILES string of the molecule is Cc1ccc(CC(=O)NCCCCN)cc1C. The monoisotopic (exact) mass is 234 g/mol. The highest BCUT2D eigenvalue weighted by Gasteiger charge is 2.03. The minimum atomic E-state index is 0.0882. The molecule has 17 heavy (non-hydrogen) atoms. The average molecular weight is 234 g/mol. The maximum atomic E-state index is 11.6. The predicted octanol–water partition coefficient (Wildman–Crippen LogP) is 1.70. The van der Waals surface area contributed by atoms with Gasteiger partial charge in [0.25, 0.3) is 0 Å². The van der Waals surface area contributed by atoms with Crippen LogP contribution in [-0.4, -0.2) is 19.0 Å². The van der Waals surface area contributed by atoms with E-state index in [9.17, 15) is 4.79 Å². The molecule has 1 amide bonds. The molecule has 3 heteroatoms. The maximum Gasteiger partial charge on any atom is 0.224 e. The van der Waals surface area contributed by atoms with Gasteiger partial charge in [0.15, 0.2) is 0 Å². The second-order valence-corrected chi connectivity index (χ2v) is 4.44. The van der Waals surface area contributed by atoms with E-state index < -0.39 is 0 Å². The highest BCUT2D eigenvalue weighted by molar-refractivity contribution is 5.78. The quantitative estimate of drug-likeness (QED) is 0.736. The van der Waals surface area contributed by atoms with E-state index in [0.29, 0.717) is 13.0 Å². The number of amides is 1. The summed E-state index contributed by atoms with van der Waals surface area (Å²) in [6.45, 7) is 5.55. The van der Waals surface area contributed by atoms with Gasteiger partial charge in [-0.3, -0.25) is 4.79 Å². The largest absolute Gasteiger partial charge is 0.356 e. The molecule has 1 rings (SSSR count). The van der Waals surface area contributed by atoms with Crippen molar-refractivity contribution in [2.45, 2.75) is 33.1 Å². The Balaban J connectivity index is 2.37. The highest BCUT2D eigenvalue weighted by Crippen LogP contribution is 2.10. The van der Waals surface area contributed by atoms with E-state index in [4.69, 9.17) is 5.73 Å². The number of nitrogens with one attached hydrogen (secondary N) is 1. The molecule has 0 heterocycles. The fraction of sp³-hybridized carbons (Fsp3) is 0.500. The van der Waals surface area contributed by atoms with E-state index >= 15 is 0 Å². The molecule has 0 saturated heterocycles. The molecule has 0 radical (unpaired) electrons. The zero-order valence-corrected chi connectivity index (χ0v) is 10.8. The number of benzene rings is 1. The van der Waals surface area contributed by atoms with Crippen LogP contribution >= 0.6 is 0 Å². The van der Waals surface area contributed by atoms with E-state index in [0.717, 1.165) is 24.9 Å². The smallest absolute Gasteiger partial charge is 0.224 e. The summed E-state index contributed by atoms with van der Waals surface area (Å²) in [4.78, 5) is 11.6. The summed E-state index contributed by atoms with van der Waals surface area (Å²) in [5.74, 6) is 0.0882. The number of unbranched alkanes of at least 4 members (excludes halogenated alkanes) is 1. The van der Waals surface area contributed by atoms with Gasteiger partial charge in [-0.05, 0) is 49.9 Å². The third-order valence-electron chi connectivity index (χ3n) is 2.89. The van der Waals surface area contributed by atoms with E-state index in [1.54, 1.807) is 0 Å². The lowest BCUT2D eigenvalue weighted by Gasteiger charge is -2.06. The van der Waals surface area contributed by atoms with Crippen LogP contribution in [0.5, 0.6) is 0 Å². The van der Waals surface area contributed by atoms with Crippen LogP contribution in [0.15, 0.2) is 18.2 Å². The van der Waals surface area contributed by atoms with Gasteiger partial charge >= 0.3 is 0 Å². The summed E-state index contributed by atoms with van der Waals surface area (Å²) in [7, 11) is 0. The molecule has 0 atom stereocenters. The maximum absolute atomic E-state index is 11.6. The Hall–Kier alpha value is -1.35. The molecule has 3 N–H and O–H groups in total. The lowest BCUT2D eigenvalue weighted by Crippen LogP contribution is -2.26. The van der Waals surface area contributed by atoms with Gasteiger partial charge in [-0.2, -0.15) is 0 Å². The van der Waals surface area contributed by atoms with Crippen LogP contribution in [0, 0.1) is 13.8 Å². The molecule has 0 saturated carbocycles. The Morgan fingerprint density at radius 3 is 2.65 bits per heavy atom. The number of hydrogen-bond acceptors (Lipinski definition) is 2. The molecule has 94 valence electrons. The Kier molecular flexibility index (Phi) is 5.70. The Bertz CT molecular complexity index is 374. The first-order chi connectivity index (χ1) is 8.13. The summed E-state index contributed by atoms with van der Waals surface area (Å²) in [5, 5.41) is 2.91. The lowest BCUT2D eigenvalue weighted by molar-refractivity contribution is -0.120. The first kappa shape index (κ1) is 13.7. The third kappa shape index (κ3) is 5.00. The van der Waals surface area contributed by atoms with Crippen molar-refractivity contribution >= 4 is 5.91 Å². The fourth-order valence-electron chi connectivity index (χ4n) is 1.66. The van der Waals surface area contributed by atoms with E-state index in [1.165, 1.54) is 11.1 Å².